The molecule has 1 atom stereocenters. The van der Waals surface area contributed by atoms with E-state index in [0.717, 1.165) is 67.3 Å². The molecule has 2 N–H and O–H groups in total. The fourth-order valence-electron chi connectivity index (χ4n) is 5.43. The van der Waals surface area contributed by atoms with E-state index >= 15 is 0 Å². The number of aliphatic hydroxyl groups excluding tert-OH is 2. The van der Waals surface area contributed by atoms with Gasteiger partial charge in [-0.05, 0) is 56.2 Å². The van der Waals surface area contributed by atoms with Crippen molar-refractivity contribution in [2.75, 3.05) is 56.2 Å². The molecule has 4 aromatic rings. The zero-order valence-electron chi connectivity index (χ0n) is 22.6. The van der Waals surface area contributed by atoms with Crippen LogP contribution in [0.1, 0.15) is 35.0 Å². The highest BCUT2D eigenvalue weighted by Crippen LogP contribution is 2.48. The summed E-state index contributed by atoms with van der Waals surface area (Å²) < 4.78 is 15.5. The van der Waals surface area contributed by atoms with Crippen LogP contribution in [0.2, 0.25) is 0 Å². The Kier molecular flexibility index (Phi) is 7.18. The number of aliphatic hydroxyl groups is 2. The highest BCUT2D eigenvalue weighted by atomic mass is 32.1. The molecule has 40 heavy (non-hydrogen) atoms. The summed E-state index contributed by atoms with van der Waals surface area (Å²) in [6.45, 7) is 5.58. The third-order valence-corrected chi connectivity index (χ3v) is 8.77. The van der Waals surface area contributed by atoms with Crippen molar-refractivity contribution in [2.45, 2.75) is 31.8 Å². The lowest BCUT2D eigenvalue weighted by atomic mass is 10.1. The number of hydrogen-bond acceptors (Lipinski definition) is 9. The summed E-state index contributed by atoms with van der Waals surface area (Å²) >= 11 is 1.33. The van der Waals surface area contributed by atoms with E-state index in [1.54, 1.807) is 12.1 Å². The minimum Gasteiger partial charge on any atom is -0.394 e. The zero-order chi connectivity index (χ0) is 28.0. The molecule has 9 nitrogen and oxygen atoms in total. The second kappa shape index (κ2) is 10.8. The maximum atomic E-state index is 13.5. The summed E-state index contributed by atoms with van der Waals surface area (Å²) in [6, 6.07) is 12.7. The van der Waals surface area contributed by atoms with Gasteiger partial charge in [0.25, 0.3) is 0 Å². The minimum absolute atomic E-state index is 0.225. The van der Waals surface area contributed by atoms with Crippen molar-refractivity contribution in [3.63, 3.8) is 0 Å². The van der Waals surface area contributed by atoms with Gasteiger partial charge in [-0.2, -0.15) is 10.4 Å². The summed E-state index contributed by atoms with van der Waals surface area (Å²) in [5.74, 6) is 0.0688. The molecule has 208 valence electrons. The van der Waals surface area contributed by atoms with Crippen molar-refractivity contribution in [3.8, 4) is 17.3 Å². The van der Waals surface area contributed by atoms with Crippen LogP contribution in [0.25, 0.3) is 16.8 Å². The second-order valence-electron chi connectivity index (χ2n) is 10.6. The fourth-order valence-corrected chi connectivity index (χ4v) is 6.28. The SMILES string of the molecule is Cc1cc(N2CCN(CC(O)CO)CC2)cc2c(N(C)c3nc(-c4ccc(F)cc4)c(C#N)s3)c(C3CC3)nn12. The van der Waals surface area contributed by atoms with Gasteiger partial charge in [0.15, 0.2) is 5.13 Å². The summed E-state index contributed by atoms with van der Waals surface area (Å²) in [7, 11) is 1.98. The predicted molar refractivity (Wildman–Crippen MR) is 154 cm³/mol. The van der Waals surface area contributed by atoms with Crippen molar-refractivity contribution >= 4 is 33.4 Å². The number of halogens is 1. The quantitative estimate of drug-likeness (QED) is 0.334. The van der Waals surface area contributed by atoms with Gasteiger partial charge in [0.05, 0.1) is 29.6 Å². The number of nitriles is 1. The lowest BCUT2D eigenvalue weighted by Crippen LogP contribution is -2.49. The predicted octanol–water partition coefficient (Wildman–Crippen LogP) is 3.90. The number of fused-ring (bicyclic) bond motifs is 1. The number of nitrogens with zero attached hydrogens (tertiary/aromatic N) is 7. The van der Waals surface area contributed by atoms with Gasteiger partial charge in [0.2, 0.25) is 0 Å². The Balaban J connectivity index is 1.36. The lowest BCUT2D eigenvalue weighted by Gasteiger charge is -2.37. The van der Waals surface area contributed by atoms with Crippen LogP contribution in [0.3, 0.4) is 0 Å². The van der Waals surface area contributed by atoms with E-state index in [4.69, 9.17) is 10.1 Å². The average Bonchev–Trinajstić information content (AvgIpc) is 3.60. The van der Waals surface area contributed by atoms with E-state index < -0.39 is 6.10 Å². The van der Waals surface area contributed by atoms with Crippen molar-refractivity contribution < 1.29 is 14.6 Å². The average molecular weight is 562 g/mol. The molecule has 0 spiro atoms. The number of pyridine rings is 1. The first kappa shape index (κ1) is 26.7. The summed E-state index contributed by atoms with van der Waals surface area (Å²) in [5, 5.41) is 34.6. The second-order valence-corrected chi connectivity index (χ2v) is 11.6. The zero-order valence-corrected chi connectivity index (χ0v) is 23.4. The van der Waals surface area contributed by atoms with Crippen molar-refractivity contribution in [3.05, 3.63) is 58.5 Å². The molecule has 6 rings (SSSR count). The van der Waals surface area contributed by atoms with Gasteiger partial charge in [-0.1, -0.05) is 11.3 Å². The fraction of sp³-hybridized carbons (Fsp3) is 0.414. The monoisotopic (exact) mass is 561 g/mol. The van der Waals surface area contributed by atoms with E-state index in [0.29, 0.717) is 33.7 Å². The largest absolute Gasteiger partial charge is 0.394 e. The molecule has 11 heteroatoms. The number of piperazine rings is 1. The number of rotatable bonds is 8. The molecule has 1 unspecified atom stereocenters. The van der Waals surface area contributed by atoms with Gasteiger partial charge in [-0.15, -0.1) is 0 Å². The number of β-amino-alcohol motifs (C(OH)–C–C–N with tert-alkyl or cyclic N) is 1. The Morgan fingerprint density at radius 1 is 1.18 bits per heavy atom. The molecule has 2 aliphatic rings. The number of benzene rings is 1. The molecular weight excluding hydrogens is 529 g/mol. The first-order valence-electron chi connectivity index (χ1n) is 13.6. The topological polar surface area (TPSA) is 104 Å². The normalized spacial score (nSPS) is 16.9. The van der Waals surface area contributed by atoms with Crippen LogP contribution < -0.4 is 9.80 Å². The van der Waals surface area contributed by atoms with Crippen molar-refractivity contribution in [1.82, 2.24) is 19.5 Å². The molecular formula is C29H32FN7O2S. The molecule has 4 heterocycles. The number of anilines is 3. The van der Waals surface area contributed by atoms with E-state index in [-0.39, 0.29) is 12.4 Å². The molecule has 0 amide bonds. The Hall–Kier alpha value is -3.56. The Morgan fingerprint density at radius 2 is 1.90 bits per heavy atom. The molecule has 1 saturated carbocycles. The molecule has 1 aromatic carbocycles. The number of thiazole rings is 1. The van der Waals surface area contributed by atoms with Crippen LogP contribution in [0.4, 0.5) is 20.9 Å². The van der Waals surface area contributed by atoms with E-state index in [1.165, 1.54) is 23.5 Å². The summed E-state index contributed by atoms with van der Waals surface area (Å²) in [4.78, 5) is 11.9. The third kappa shape index (κ3) is 5.04. The molecule has 1 saturated heterocycles. The van der Waals surface area contributed by atoms with Gasteiger partial charge >= 0.3 is 0 Å². The van der Waals surface area contributed by atoms with Crippen LogP contribution in [0.5, 0.6) is 0 Å². The van der Waals surface area contributed by atoms with Crippen LogP contribution in [-0.4, -0.2) is 82.2 Å². The number of aryl methyl sites for hydroxylation is 1. The Bertz CT molecular complexity index is 1570. The van der Waals surface area contributed by atoms with E-state index in [2.05, 4.69) is 34.9 Å². The van der Waals surface area contributed by atoms with Crippen LogP contribution in [0.15, 0.2) is 36.4 Å². The van der Waals surface area contributed by atoms with Crippen molar-refractivity contribution in [2.24, 2.45) is 0 Å². The van der Waals surface area contributed by atoms with Gasteiger partial charge in [0, 0.05) is 62.6 Å². The van der Waals surface area contributed by atoms with Gasteiger partial charge in [-0.3, -0.25) is 4.90 Å². The van der Waals surface area contributed by atoms with Gasteiger partial charge in [-0.25, -0.2) is 13.9 Å². The van der Waals surface area contributed by atoms with Crippen LogP contribution >= 0.6 is 11.3 Å². The maximum Gasteiger partial charge on any atom is 0.191 e. The standard InChI is InChI=1S/C29H32FN7O2S/c1-18-13-22(36-11-9-35(10-12-36)16-23(39)17-38)14-24-28(27(20-3-4-20)33-37(18)24)34(2)29-32-26(25(15-31)40-29)19-5-7-21(30)8-6-19/h5-8,13-14,20,23,38-39H,3-4,9-12,16-17H2,1-2H3. The first-order chi connectivity index (χ1) is 19.4. The summed E-state index contributed by atoms with van der Waals surface area (Å²) in [6.07, 6.45) is 1.48. The van der Waals surface area contributed by atoms with E-state index in [1.807, 2.05) is 16.5 Å². The molecule has 0 radical (unpaired) electrons. The maximum absolute atomic E-state index is 13.5. The molecule has 2 fully saturated rings. The third-order valence-electron chi connectivity index (χ3n) is 7.74. The highest BCUT2D eigenvalue weighted by molar-refractivity contribution is 7.16. The molecule has 3 aromatic heterocycles. The van der Waals surface area contributed by atoms with Crippen LogP contribution in [-0.2, 0) is 0 Å². The Morgan fingerprint density at radius 3 is 2.55 bits per heavy atom. The highest BCUT2D eigenvalue weighted by Gasteiger charge is 2.34. The van der Waals surface area contributed by atoms with E-state index in [9.17, 15) is 19.9 Å². The van der Waals surface area contributed by atoms with Crippen LogP contribution in [0, 0.1) is 24.1 Å². The Labute approximate surface area is 236 Å². The number of aromatic nitrogens is 3. The minimum atomic E-state index is -0.716. The first-order valence-corrected chi connectivity index (χ1v) is 14.4. The van der Waals surface area contributed by atoms with Gasteiger partial charge in [0.1, 0.15) is 22.5 Å². The lowest BCUT2D eigenvalue weighted by molar-refractivity contribution is 0.0575. The molecule has 1 aliphatic carbocycles. The molecule has 1 aliphatic heterocycles. The smallest absolute Gasteiger partial charge is 0.191 e. The summed E-state index contributed by atoms with van der Waals surface area (Å²) in [5.41, 5.74) is 6.46. The van der Waals surface area contributed by atoms with Crippen molar-refractivity contribution in [1.29, 1.82) is 5.26 Å². The molecule has 0 bridgehead atoms. The number of hydrogen-bond donors (Lipinski definition) is 2. The van der Waals surface area contributed by atoms with Gasteiger partial charge < -0.3 is 20.0 Å².